The maximum Gasteiger partial charge on any atom is 0.425 e. The molecule has 1 fully saturated rings. The van der Waals surface area contributed by atoms with Crippen LogP contribution in [0.4, 0.5) is 18.0 Å². The Morgan fingerprint density at radius 3 is 2.67 bits per heavy atom. The van der Waals surface area contributed by atoms with E-state index in [0.717, 1.165) is 6.07 Å². The third-order valence-electron chi connectivity index (χ3n) is 1.90. The van der Waals surface area contributed by atoms with E-state index in [1.165, 1.54) is 6.07 Å². The molecule has 1 aliphatic heterocycles. The van der Waals surface area contributed by atoms with Crippen molar-refractivity contribution < 1.29 is 22.7 Å². The maximum absolute atomic E-state index is 12.3. The Labute approximate surface area is 86.8 Å². The molecule has 0 saturated carbocycles. The molecule has 0 aliphatic carbocycles. The average molecular weight is 237 g/mol. The maximum atomic E-state index is 12.3. The lowest BCUT2D eigenvalue weighted by Crippen LogP contribution is -2.12. The summed E-state index contributed by atoms with van der Waals surface area (Å²) in [6.45, 7) is 0.219. The molecule has 3 nitrogen and oxygen atoms in total. The van der Waals surface area contributed by atoms with Gasteiger partial charge >= 0.3 is 12.3 Å². The second-order valence-corrected chi connectivity index (χ2v) is 4.09. The van der Waals surface area contributed by atoms with E-state index in [9.17, 15) is 18.0 Å². The van der Waals surface area contributed by atoms with Crippen LogP contribution in [0.15, 0.2) is 12.1 Å². The van der Waals surface area contributed by atoms with Gasteiger partial charge in [-0.25, -0.2) is 4.79 Å². The van der Waals surface area contributed by atoms with E-state index >= 15 is 0 Å². The highest BCUT2D eigenvalue weighted by Gasteiger charge is 2.34. The molecular weight excluding hydrogens is 231 g/mol. The van der Waals surface area contributed by atoms with E-state index in [1.54, 1.807) is 0 Å². The van der Waals surface area contributed by atoms with Crippen molar-refractivity contribution >= 4 is 17.4 Å². The van der Waals surface area contributed by atoms with Gasteiger partial charge in [0.05, 0.1) is 6.54 Å². The van der Waals surface area contributed by atoms with Gasteiger partial charge in [-0.3, -0.25) is 0 Å². The number of alkyl carbamates (subject to hydrolysis) is 1. The van der Waals surface area contributed by atoms with Gasteiger partial charge in [-0.2, -0.15) is 13.2 Å². The molecule has 0 bridgehead atoms. The minimum absolute atomic E-state index is 0.219. The monoisotopic (exact) mass is 237 g/mol. The lowest BCUT2D eigenvalue weighted by molar-refractivity contribution is -0.134. The van der Waals surface area contributed by atoms with Crippen LogP contribution < -0.4 is 5.32 Å². The summed E-state index contributed by atoms with van der Waals surface area (Å²) in [6, 6.07) is 2.32. The fourth-order valence-electron chi connectivity index (χ4n) is 1.23. The molecule has 1 unspecified atom stereocenters. The highest BCUT2D eigenvalue weighted by Crippen LogP contribution is 2.37. The Morgan fingerprint density at radius 2 is 2.20 bits per heavy atom. The number of hydrogen-bond donors (Lipinski definition) is 1. The van der Waals surface area contributed by atoms with E-state index in [0.29, 0.717) is 16.2 Å². The molecule has 2 heterocycles. The van der Waals surface area contributed by atoms with Crippen LogP contribution in [0, 0.1) is 0 Å². The number of cyclic esters (lactones) is 1. The molecule has 1 N–H and O–H groups in total. The molecule has 0 radical (unpaired) electrons. The number of halogens is 3. The fourth-order valence-corrected chi connectivity index (χ4v) is 2.13. The molecule has 15 heavy (non-hydrogen) atoms. The van der Waals surface area contributed by atoms with Crippen molar-refractivity contribution in [3.8, 4) is 0 Å². The minimum atomic E-state index is -4.33. The lowest BCUT2D eigenvalue weighted by Gasteiger charge is -2.04. The van der Waals surface area contributed by atoms with Crippen molar-refractivity contribution in [2.24, 2.45) is 0 Å². The van der Waals surface area contributed by atoms with Gasteiger partial charge in [0.25, 0.3) is 0 Å². The SMILES string of the molecule is O=C1NCC(c2ccc(C(F)(F)F)s2)O1. The normalized spacial score (nSPS) is 21.3. The van der Waals surface area contributed by atoms with Crippen LogP contribution in [0.25, 0.3) is 0 Å². The number of carbonyl (C=O) groups excluding carboxylic acids is 1. The highest BCUT2D eigenvalue weighted by molar-refractivity contribution is 7.12. The largest absolute Gasteiger partial charge is 0.439 e. The molecule has 1 atom stereocenters. The van der Waals surface area contributed by atoms with Crippen molar-refractivity contribution in [2.75, 3.05) is 6.54 Å². The number of hydrogen-bond acceptors (Lipinski definition) is 3. The van der Waals surface area contributed by atoms with Crippen molar-refractivity contribution in [1.82, 2.24) is 5.32 Å². The number of ether oxygens (including phenoxy) is 1. The summed E-state index contributed by atoms with van der Waals surface area (Å²) >= 11 is 0.597. The summed E-state index contributed by atoms with van der Waals surface area (Å²) < 4.78 is 41.5. The summed E-state index contributed by atoms with van der Waals surface area (Å²) in [7, 11) is 0. The van der Waals surface area contributed by atoms with Crippen LogP contribution >= 0.6 is 11.3 Å². The van der Waals surface area contributed by atoms with Crippen molar-refractivity contribution in [3.63, 3.8) is 0 Å². The first kappa shape index (κ1) is 10.3. The van der Waals surface area contributed by atoms with E-state index in [4.69, 9.17) is 4.74 Å². The second-order valence-electron chi connectivity index (χ2n) is 2.97. The van der Waals surface area contributed by atoms with Gasteiger partial charge in [0.2, 0.25) is 0 Å². The van der Waals surface area contributed by atoms with Crippen LogP contribution in [0.3, 0.4) is 0 Å². The number of thiophene rings is 1. The zero-order valence-corrected chi connectivity index (χ0v) is 8.11. The Balaban J connectivity index is 2.17. The average Bonchev–Trinajstić information content (AvgIpc) is 2.69. The lowest BCUT2D eigenvalue weighted by atomic mass is 10.3. The molecule has 1 amide bonds. The molecule has 0 spiro atoms. The van der Waals surface area contributed by atoms with Crippen LogP contribution in [-0.4, -0.2) is 12.6 Å². The molecule has 82 valence electrons. The van der Waals surface area contributed by atoms with Crippen LogP contribution in [0.5, 0.6) is 0 Å². The van der Waals surface area contributed by atoms with Crippen molar-refractivity contribution in [1.29, 1.82) is 0 Å². The van der Waals surface area contributed by atoms with Gasteiger partial charge in [0.1, 0.15) is 4.88 Å². The van der Waals surface area contributed by atoms with Gasteiger partial charge < -0.3 is 10.1 Å². The van der Waals surface area contributed by atoms with Gasteiger partial charge in [0, 0.05) is 4.88 Å². The molecule has 1 saturated heterocycles. The molecule has 1 aliphatic rings. The van der Waals surface area contributed by atoms with E-state index in [-0.39, 0.29) is 6.54 Å². The highest BCUT2D eigenvalue weighted by atomic mass is 32.1. The zero-order valence-electron chi connectivity index (χ0n) is 7.30. The summed E-state index contributed by atoms with van der Waals surface area (Å²) in [5.74, 6) is 0. The predicted molar refractivity (Wildman–Crippen MR) is 46.5 cm³/mol. The van der Waals surface area contributed by atoms with Crippen molar-refractivity contribution in [2.45, 2.75) is 12.3 Å². The first-order valence-corrected chi connectivity index (χ1v) is 4.90. The fraction of sp³-hybridized carbons (Fsp3) is 0.375. The van der Waals surface area contributed by atoms with Crippen molar-refractivity contribution in [3.05, 3.63) is 21.9 Å². The van der Waals surface area contributed by atoms with Crippen LogP contribution in [0.2, 0.25) is 0 Å². The number of amides is 1. The Kier molecular flexibility index (Phi) is 2.34. The Bertz CT molecular complexity index is 387. The van der Waals surface area contributed by atoms with Crippen LogP contribution in [-0.2, 0) is 10.9 Å². The third-order valence-corrected chi connectivity index (χ3v) is 3.13. The van der Waals surface area contributed by atoms with E-state index < -0.39 is 23.3 Å². The molecule has 0 aromatic carbocycles. The first-order chi connectivity index (χ1) is 6.97. The standard InChI is InChI=1S/C8H6F3NO2S/c9-8(10,11)6-2-1-5(15-6)4-3-12-7(13)14-4/h1-2,4H,3H2,(H,12,13). The topological polar surface area (TPSA) is 38.3 Å². The summed E-state index contributed by atoms with van der Waals surface area (Å²) in [6.07, 6.45) is -5.53. The predicted octanol–water partition coefficient (Wildman–Crippen LogP) is 2.55. The third kappa shape index (κ3) is 2.06. The molecule has 1 aromatic rings. The smallest absolute Gasteiger partial charge is 0.425 e. The van der Waals surface area contributed by atoms with E-state index in [2.05, 4.69) is 5.32 Å². The second kappa shape index (κ2) is 3.41. The van der Waals surface area contributed by atoms with Gasteiger partial charge in [-0.1, -0.05) is 0 Å². The molecule has 2 rings (SSSR count). The summed E-state index contributed by atoms with van der Waals surface area (Å²) in [5.41, 5.74) is 0. The Morgan fingerprint density at radius 1 is 1.47 bits per heavy atom. The van der Waals surface area contributed by atoms with Gasteiger partial charge in [0.15, 0.2) is 6.10 Å². The Hall–Kier alpha value is -1.24. The van der Waals surface area contributed by atoms with Gasteiger partial charge in [-0.05, 0) is 12.1 Å². The zero-order chi connectivity index (χ0) is 11.1. The number of carbonyl (C=O) groups is 1. The van der Waals surface area contributed by atoms with E-state index in [1.807, 2.05) is 0 Å². The first-order valence-electron chi connectivity index (χ1n) is 4.08. The minimum Gasteiger partial charge on any atom is -0.439 e. The summed E-state index contributed by atoms with van der Waals surface area (Å²) in [4.78, 5) is 10.4. The molecule has 1 aromatic heterocycles. The van der Waals surface area contributed by atoms with Crippen LogP contribution in [0.1, 0.15) is 15.9 Å². The van der Waals surface area contributed by atoms with Gasteiger partial charge in [-0.15, -0.1) is 11.3 Å². The molecule has 7 heteroatoms. The number of rotatable bonds is 1. The quantitative estimate of drug-likeness (QED) is 0.815. The molecular formula is C8H6F3NO2S. The summed E-state index contributed by atoms with van der Waals surface area (Å²) in [5, 5.41) is 2.38. The number of alkyl halides is 3. The number of nitrogens with one attached hydrogen (secondary N) is 1.